The molecule has 0 unspecified atom stereocenters. The number of anilines is 1. The number of halogens is 1. The first-order valence-electron chi connectivity index (χ1n) is 9.30. The molecule has 0 bridgehead atoms. The third-order valence-corrected chi connectivity index (χ3v) is 5.02. The fourth-order valence-corrected chi connectivity index (χ4v) is 3.59. The van der Waals surface area contributed by atoms with E-state index in [0.29, 0.717) is 39.6 Å². The SMILES string of the molecule is Nc1cncc(-c2cnc3[nH]nc(-c4nc5c(-c6ccoc6)nccc5[nH]4)c3c2F)c1. The molecule has 6 rings (SSSR count). The number of nitrogens with two attached hydrogens (primary N) is 1. The summed E-state index contributed by atoms with van der Waals surface area (Å²) in [4.78, 5) is 20.6. The number of nitrogen functional groups attached to an aromatic ring is 1. The second kappa shape index (κ2) is 6.46. The second-order valence-electron chi connectivity index (χ2n) is 6.94. The Balaban J connectivity index is 1.56. The zero-order valence-electron chi connectivity index (χ0n) is 15.8. The summed E-state index contributed by atoms with van der Waals surface area (Å²) in [6.45, 7) is 0. The van der Waals surface area contributed by atoms with Gasteiger partial charge in [-0.15, -0.1) is 0 Å². The molecular weight excluding hydrogens is 399 g/mol. The molecular formula is C21H13FN8O. The summed E-state index contributed by atoms with van der Waals surface area (Å²) in [6.07, 6.45) is 9.29. The van der Waals surface area contributed by atoms with E-state index in [1.54, 1.807) is 36.9 Å². The van der Waals surface area contributed by atoms with Gasteiger partial charge in [-0.25, -0.2) is 14.4 Å². The molecule has 0 spiro atoms. The van der Waals surface area contributed by atoms with Crippen molar-refractivity contribution >= 4 is 27.8 Å². The van der Waals surface area contributed by atoms with Crippen LogP contribution in [0.3, 0.4) is 0 Å². The third kappa shape index (κ3) is 2.65. The maximum atomic E-state index is 15.6. The topological polar surface area (TPSA) is 135 Å². The molecule has 0 amide bonds. The molecule has 10 heteroatoms. The number of fused-ring (bicyclic) bond motifs is 2. The Labute approximate surface area is 173 Å². The monoisotopic (exact) mass is 412 g/mol. The highest BCUT2D eigenvalue weighted by molar-refractivity contribution is 5.96. The van der Waals surface area contributed by atoms with E-state index in [1.165, 1.54) is 18.6 Å². The van der Waals surface area contributed by atoms with Gasteiger partial charge < -0.3 is 15.1 Å². The van der Waals surface area contributed by atoms with Crippen molar-refractivity contribution in [2.24, 2.45) is 0 Å². The zero-order chi connectivity index (χ0) is 20.9. The van der Waals surface area contributed by atoms with Crippen molar-refractivity contribution in [2.75, 3.05) is 5.73 Å². The molecule has 9 nitrogen and oxygen atoms in total. The molecule has 0 saturated heterocycles. The normalized spacial score (nSPS) is 11.5. The smallest absolute Gasteiger partial charge is 0.159 e. The number of pyridine rings is 3. The van der Waals surface area contributed by atoms with Crippen LogP contribution in [0.2, 0.25) is 0 Å². The van der Waals surface area contributed by atoms with Crippen molar-refractivity contribution in [3.05, 3.63) is 61.3 Å². The van der Waals surface area contributed by atoms with Crippen LogP contribution in [-0.4, -0.2) is 35.1 Å². The lowest BCUT2D eigenvalue weighted by molar-refractivity contribution is 0.568. The van der Waals surface area contributed by atoms with Crippen LogP contribution >= 0.6 is 0 Å². The molecule has 4 N–H and O–H groups in total. The Morgan fingerprint density at radius 1 is 1.03 bits per heavy atom. The number of hydrogen-bond donors (Lipinski definition) is 3. The van der Waals surface area contributed by atoms with E-state index in [0.717, 1.165) is 11.1 Å². The van der Waals surface area contributed by atoms with Gasteiger partial charge in [0.15, 0.2) is 11.5 Å². The minimum Gasteiger partial charge on any atom is -0.472 e. The Kier molecular flexibility index (Phi) is 3.60. The number of furan rings is 1. The molecule has 0 aliphatic heterocycles. The molecule has 0 radical (unpaired) electrons. The van der Waals surface area contributed by atoms with Crippen LogP contribution in [0.5, 0.6) is 0 Å². The van der Waals surface area contributed by atoms with Gasteiger partial charge in [0.25, 0.3) is 0 Å². The molecule has 0 aromatic carbocycles. The Morgan fingerprint density at radius 3 is 2.81 bits per heavy atom. The van der Waals surface area contributed by atoms with Crippen molar-refractivity contribution < 1.29 is 8.81 Å². The average Bonchev–Trinajstić information content (AvgIpc) is 3.52. The maximum Gasteiger partial charge on any atom is 0.159 e. The summed E-state index contributed by atoms with van der Waals surface area (Å²) in [5.74, 6) is -0.0997. The van der Waals surface area contributed by atoms with E-state index in [2.05, 4.69) is 35.1 Å². The highest BCUT2D eigenvalue weighted by Gasteiger charge is 2.21. The molecule has 0 aliphatic carbocycles. The summed E-state index contributed by atoms with van der Waals surface area (Å²) in [5.41, 5.74) is 10.5. The van der Waals surface area contributed by atoms with E-state index in [4.69, 9.17) is 10.2 Å². The highest BCUT2D eigenvalue weighted by Crippen LogP contribution is 2.34. The van der Waals surface area contributed by atoms with Crippen molar-refractivity contribution in [1.82, 2.24) is 35.1 Å². The predicted octanol–water partition coefficient (Wildman–Crippen LogP) is 3.94. The van der Waals surface area contributed by atoms with E-state index in [9.17, 15) is 0 Å². The molecule has 0 atom stereocenters. The molecule has 6 aromatic rings. The largest absolute Gasteiger partial charge is 0.472 e. The van der Waals surface area contributed by atoms with Crippen LogP contribution in [0.1, 0.15) is 0 Å². The van der Waals surface area contributed by atoms with Crippen molar-refractivity contribution in [3.63, 3.8) is 0 Å². The minimum atomic E-state index is -0.491. The fraction of sp³-hybridized carbons (Fsp3) is 0. The zero-order valence-corrected chi connectivity index (χ0v) is 15.8. The molecule has 6 aromatic heterocycles. The highest BCUT2D eigenvalue weighted by atomic mass is 19.1. The summed E-state index contributed by atoms with van der Waals surface area (Å²) in [5, 5.41) is 7.26. The molecule has 6 heterocycles. The average molecular weight is 412 g/mol. The first kappa shape index (κ1) is 17.3. The van der Waals surface area contributed by atoms with Crippen LogP contribution in [0, 0.1) is 5.82 Å². The first-order chi connectivity index (χ1) is 15.2. The van der Waals surface area contributed by atoms with Crippen LogP contribution in [0.25, 0.3) is 56.0 Å². The summed E-state index contributed by atoms with van der Waals surface area (Å²) in [6, 6.07) is 5.24. The summed E-state index contributed by atoms with van der Waals surface area (Å²) >= 11 is 0. The summed E-state index contributed by atoms with van der Waals surface area (Å²) in [7, 11) is 0. The number of nitrogens with zero attached hydrogens (tertiary/aromatic N) is 5. The third-order valence-electron chi connectivity index (χ3n) is 5.02. The van der Waals surface area contributed by atoms with Gasteiger partial charge in [-0.1, -0.05) is 0 Å². The Morgan fingerprint density at radius 2 is 1.97 bits per heavy atom. The number of imidazole rings is 1. The molecule has 0 fully saturated rings. The van der Waals surface area contributed by atoms with E-state index in [-0.39, 0.29) is 10.9 Å². The molecule has 31 heavy (non-hydrogen) atoms. The molecule has 0 saturated carbocycles. The van der Waals surface area contributed by atoms with Gasteiger partial charge in [0.2, 0.25) is 0 Å². The van der Waals surface area contributed by atoms with Crippen molar-refractivity contribution in [3.8, 4) is 33.9 Å². The number of rotatable bonds is 3. The molecule has 0 aliphatic rings. The van der Waals surface area contributed by atoms with Gasteiger partial charge in [0.1, 0.15) is 22.7 Å². The number of aromatic amines is 2. The van der Waals surface area contributed by atoms with E-state index < -0.39 is 5.82 Å². The lowest BCUT2D eigenvalue weighted by Crippen LogP contribution is -1.93. The summed E-state index contributed by atoms with van der Waals surface area (Å²) < 4.78 is 20.8. The van der Waals surface area contributed by atoms with Gasteiger partial charge in [-0.2, -0.15) is 5.10 Å². The van der Waals surface area contributed by atoms with Gasteiger partial charge in [-0.05, 0) is 18.2 Å². The lowest BCUT2D eigenvalue weighted by Gasteiger charge is -2.05. The predicted molar refractivity (Wildman–Crippen MR) is 112 cm³/mol. The van der Waals surface area contributed by atoms with Crippen LogP contribution in [0.4, 0.5) is 10.1 Å². The number of nitrogens with one attached hydrogen (secondary N) is 2. The van der Waals surface area contributed by atoms with E-state index >= 15 is 4.39 Å². The van der Waals surface area contributed by atoms with E-state index in [1.807, 2.05) is 0 Å². The van der Waals surface area contributed by atoms with Gasteiger partial charge in [0, 0.05) is 41.5 Å². The minimum absolute atomic E-state index is 0.219. The number of H-pyrrole nitrogens is 2. The van der Waals surface area contributed by atoms with Crippen LogP contribution in [0.15, 0.2) is 59.9 Å². The van der Waals surface area contributed by atoms with Gasteiger partial charge in [0.05, 0.1) is 29.1 Å². The van der Waals surface area contributed by atoms with Gasteiger partial charge >= 0.3 is 0 Å². The van der Waals surface area contributed by atoms with Crippen LogP contribution < -0.4 is 5.73 Å². The van der Waals surface area contributed by atoms with Gasteiger partial charge in [-0.3, -0.25) is 15.1 Å². The lowest BCUT2D eigenvalue weighted by atomic mass is 10.1. The number of hydrogen-bond acceptors (Lipinski definition) is 7. The van der Waals surface area contributed by atoms with Crippen molar-refractivity contribution in [1.29, 1.82) is 0 Å². The quantitative estimate of drug-likeness (QED) is 0.401. The Bertz CT molecular complexity index is 1570. The maximum absolute atomic E-state index is 15.6. The van der Waals surface area contributed by atoms with Crippen molar-refractivity contribution in [2.45, 2.75) is 0 Å². The standard InChI is InChI=1S/C21H13FN8O/c22-16-13(11-5-12(23)7-24-6-11)8-26-20-15(16)19(29-30-20)21-27-14-1-3-25-17(18(14)28-21)10-2-4-31-9-10/h1-9H,23H2,(H,27,28)(H,26,29,30). The fourth-order valence-electron chi connectivity index (χ4n) is 3.59. The number of aromatic nitrogens is 7. The van der Waals surface area contributed by atoms with Crippen LogP contribution in [-0.2, 0) is 0 Å². The Hall–Kier alpha value is -4.60. The molecule has 150 valence electrons. The first-order valence-corrected chi connectivity index (χ1v) is 9.30. The second-order valence-corrected chi connectivity index (χ2v) is 6.94.